The van der Waals surface area contributed by atoms with Crippen molar-refractivity contribution in [1.82, 2.24) is 0 Å². The Morgan fingerprint density at radius 3 is 2.47 bits per heavy atom. The van der Waals surface area contributed by atoms with Crippen LogP contribution < -0.4 is 5.32 Å². The summed E-state index contributed by atoms with van der Waals surface area (Å²) in [6, 6.07) is 13.5. The van der Waals surface area contributed by atoms with Crippen LogP contribution in [-0.2, 0) is 0 Å². The van der Waals surface area contributed by atoms with E-state index in [1.165, 1.54) is 0 Å². The summed E-state index contributed by atoms with van der Waals surface area (Å²) in [4.78, 5) is 2.18. The molecular weight excluding hydrogens is 273 g/mol. The molecule has 0 aliphatic carbocycles. The highest BCUT2D eigenvalue weighted by molar-refractivity contribution is 7.99. The molecular formula is C13H11Cl2NS. The Labute approximate surface area is 115 Å². The summed E-state index contributed by atoms with van der Waals surface area (Å²) in [7, 11) is 1.89. The number of rotatable bonds is 3. The lowest BCUT2D eigenvalue weighted by atomic mass is 10.3. The van der Waals surface area contributed by atoms with Crippen molar-refractivity contribution in [3.8, 4) is 0 Å². The lowest BCUT2D eigenvalue weighted by molar-refractivity contribution is 1.36. The summed E-state index contributed by atoms with van der Waals surface area (Å²) in [5.41, 5.74) is 1.05. The highest BCUT2D eigenvalue weighted by Gasteiger charge is 2.04. The molecule has 0 aromatic heterocycles. The first-order valence-corrected chi connectivity index (χ1v) is 6.67. The molecule has 0 unspecified atom stereocenters. The van der Waals surface area contributed by atoms with Crippen LogP contribution in [-0.4, -0.2) is 7.05 Å². The molecule has 2 aromatic rings. The molecule has 0 heterocycles. The number of halogens is 2. The van der Waals surface area contributed by atoms with Crippen LogP contribution in [0, 0.1) is 0 Å². The number of hydrogen-bond acceptors (Lipinski definition) is 2. The minimum absolute atomic E-state index is 0.730. The van der Waals surface area contributed by atoms with Gasteiger partial charge in [0.1, 0.15) is 0 Å². The van der Waals surface area contributed by atoms with Gasteiger partial charge in [0.2, 0.25) is 0 Å². The highest BCUT2D eigenvalue weighted by Crippen LogP contribution is 2.35. The molecule has 0 aliphatic rings. The minimum Gasteiger partial charge on any atom is -0.387 e. The predicted octanol–water partition coefficient (Wildman–Crippen LogP) is 5.19. The molecule has 0 fully saturated rings. The maximum atomic E-state index is 6.00. The average Bonchev–Trinajstić information content (AvgIpc) is 2.29. The minimum atomic E-state index is 0.730. The van der Waals surface area contributed by atoms with Gasteiger partial charge in [-0.3, -0.25) is 0 Å². The Hall–Kier alpha value is -0.830. The second kappa shape index (κ2) is 5.67. The van der Waals surface area contributed by atoms with Gasteiger partial charge in [0.15, 0.2) is 0 Å². The summed E-state index contributed by atoms with van der Waals surface area (Å²) in [6.45, 7) is 0. The standard InChI is InChI=1S/C13H11Cl2NS/c1-16-12-6-5-10(15)8-13(12)17-11-4-2-3-9(14)7-11/h2-8,16H,1H3. The van der Waals surface area contributed by atoms with Crippen molar-refractivity contribution in [3.63, 3.8) is 0 Å². The summed E-state index contributed by atoms with van der Waals surface area (Å²) in [5.74, 6) is 0. The van der Waals surface area contributed by atoms with Gasteiger partial charge in [-0.1, -0.05) is 41.0 Å². The third-order valence-electron chi connectivity index (χ3n) is 2.24. The number of hydrogen-bond donors (Lipinski definition) is 1. The zero-order valence-electron chi connectivity index (χ0n) is 9.21. The summed E-state index contributed by atoms with van der Waals surface area (Å²) < 4.78 is 0. The van der Waals surface area contributed by atoms with E-state index in [0.29, 0.717) is 0 Å². The summed E-state index contributed by atoms with van der Waals surface area (Å²) in [6.07, 6.45) is 0. The fourth-order valence-electron chi connectivity index (χ4n) is 1.44. The number of nitrogens with one attached hydrogen (secondary N) is 1. The number of anilines is 1. The largest absolute Gasteiger partial charge is 0.387 e. The molecule has 0 spiro atoms. The molecule has 0 bridgehead atoms. The van der Waals surface area contributed by atoms with Crippen molar-refractivity contribution in [3.05, 3.63) is 52.5 Å². The Morgan fingerprint density at radius 1 is 1.00 bits per heavy atom. The average molecular weight is 284 g/mol. The SMILES string of the molecule is CNc1ccc(Cl)cc1Sc1cccc(Cl)c1. The van der Waals surface area contributed by atoms with Gasteiger partial charge in [0.25, 0.3) is 0 Å². The van der Waals surface area contributed by atoms with Crippen LogP contribution in [0.1, 0.15) is 0 Å². The fraction of sp³-hybridized carbons (Fsp3) is 0.0769. The van der Waals surface area contributed by atoms with Crippen LogP contribution in [0.15, 0.2) is 52.3 Å². The first-order chi connectivity index (χ1) is 8.19. The van der Waals surface area contributed by atoms with E-state index in [0.717, 1.165) is 25.5 Å². The Kier molecular flexibility index (Phi) is 4.21. The van der Waals surface area contributed by atoms with Crippen LogP contribution in [0.3, 0.4) is 0 Å². The lowest BCUT2D eigenvalue weighted by Gasteiger charge is -2.09. The molecule has 1 N–H and O–H groups in total. The van der Waals surface area contributed by atoms with Gasteiger partial charge in [-0.15, -0.1) is 0 Å². The van der Waals surface area contributed by atoms with Gasteiger partial charge in [-0.2, -0.15) is 0 Å². The second-order valence-corrected chi connectivity index (χ2v) is 5.44. The molecule has 0 atom stereocenters. The Bertz CT molecular complexity index is 529. The Balaban J connectivity index is 2.32. The zero-order valence-corrected chi connectivity index (χ0v) is 11.5. The zero-order chi connectivity index (χ0) is 12.3. The van der Waals surface area contributed by atoms with E-state index in [-0.39, 0.29) is 0 Å². The summed E-state index contributed by atoms with van der Waals surface area (Å²) >= 11 is 13.6. The van der Waals surface area contributed by atoms with E-state index in [4.69, 9.17) is 23.2 Å². The fourth-order valence-corrected chi connectivity index (χ4v) is 2.99. The van der Waals surface area contributed by atoms with Crippen molar-refractivity contribution < 1.29 is 0 Å². The molecule has 1 nitrogen and oxygen atoms in total. The molecule has 2 aromatic carbocycles. The smallest absolute Gasteiger partial charge is 0.0480 e. The van der Waals surface area contributed by atoms with Crippen molar-refractivity contribution in [2.75, 3.05) is 12.4 Å². The van der Waals surface area contributed by atoms with E-state index >= 15 is 0 Å². The summed E-state index contributed by atoms with van der Waals surface area (Å²) in [5, 5.41) is 4.61. The van der Waals surface area contributed by atoms with Crippen LogP contribution in [0.25, 0.3) is 0 Å². The maximum absolute atomic E-state index is 6.00. The van der Waals surface area contributed by atoms with Gasteiger partial charge in [0.05, 0.1) is 0 Å². The van der Waals surface area contributed by atoms with Gasteiger partial charge in [-0.25, -0.2) is 0 Å². The van der Waals surface area contributed by atoms with E-state index in [1.54, 1.807) is 11.8 Å². The second-order valence-electron chi connectivity index (χ2n) is 3.45. The lowest BCUT2D eigenvalue weighted by Crippen LogP contribution is -1.90. The van der Waals surface area contributed by atoms with Gasteiger partial charge >= 0.3 is 0 Å². The molecule has 0 radical (unpaired) electrons. The van der Waals surface area contributed by atoms with Crippen molar-refractivity contribution in [2.24, 2.45) is 0 Å². The monoisotopic (exact) mass is 283 g/mol. The van der Waals surface area contributed by atoms with E-state index < -0.39 is 0 Å². The molecule has 88 valence electrons. The molecule has 0 aliphatic heterocycles. The van der Waals surface area contributed by atoms with E-state index in [2.05, 4.69) is 5.32 Å². The third kappa shape index (κ3) is 3.32. The third-order valence-corrected chi connectivity index (χ3v) is 3.75. The van der Waals surface area contributed by atoms with Crippen molar-refractivity contribution in [1.29, 1.82) is 0 Å². The quantitative estimate of drug-likeness (QED) is 0.832. The molecule has 0 amide bonds. The molecule has 4 heteroatoms. The van der Waals surface area contributed by atoms with Crippen molar-refractivity contribution in [2.45, 2.75) is 9.79 Å². The van der Waals surface area contributed by atoms with Crippen LogP contribution in [0.5, 0.6) is 0 Å². The molecule has 0 saturated heterocycles. The van der Waals surface area contributed by atoms with Crippen molar-refractivity contribution >= 4 is 40.7 Å². The van der Waals surface area contributed by atoms with Gasteiger partial charge in [-0.05, 0) is 36.4 Å². The van der Waals surface area contributed by atoms with Gasteiger partial charge < -0.3 is 5.32 Å². The molecule has 2 rings (SSSR count). The van der Waals surface area contributed by atoms with Crippen LogP contribution >= 0.6 is 35.0 Å². The molecule has 0 saturated carbocycles. The first kappa shape index (κ1) is 12.6. The van der Waals surface area contributed by atoms with Crippen LogP contribution in [0.2, 0.25) is 10.0 Å². The molecule has 17 heavy (non-hydrogen) atoms. The highest BCUT2D eigenvalue weighted by atomic mass is 35.5. The first-order valence-electron chi connectivity index (χ1n) is 5.10. The van der Waals surface area contributed by atoms with Gasteiger partial charge in [0, 0.05) is 32.6 Å². The normalized spacial score (nSPS) is 10.3. The van der Waals surface area contributed by atoms with Crippen LogP contribution in [0.4, 0.5) is 5.69 Å². The Morgan fingerprint density at radius 2 is 1.76 bits per heavy atom. The van der Waals surface area contributed by atoms with E-state index in [9.17, 15) is 0 Å². The van der Waals surface area contributed by atoms with E-state index in [1.807, 2.05) is 49.5 Å². The maximum Gasteiger partial charge on any atom is 0.0480 e. The predicted molar refractivity (Wildman–Crippen MR) is 76.6 cm³/mol. The number of benzene rings is 2. The topological polar surface area (TPSA) is 12.0 Å².